The zero-order valence-electron chi connectivity index (χ0n) is 13.8. The van der Waals surface area contributed by atoms with E-state index in [4.69, 9.17) is 5.73 Å². The number of rotatable bonds is 5. The van der Waals surface area contributed by atoms with Crippen molar-refractivity contribution in [1.29, 1.82) is 0 Å². The largest absolute Gasteiger partial charge is 0.370 e. The fourth-order valence-electron chi connectivity index (χ4n) is 2.84. The summed E-state index contributed by atoms with van der Waals surface area (Å²) in [7, 11) is 0. The van der Waals surface area contributed by atoms with Crippen LogP contribution in [0.4, 0.5) is 0 Å². The maximum absolute atomic E-state index is 5.87. The Morgan fingerprint density at radius 1 is 1.30 bits per heavy atom. The van der Waals surface area contributed by atoms with E-state index >= 15 is 0 Å². The van der Waals surface area contributed by atoms with Crippen molar-refractivity contribution in [3.05, 3.63) is 0 Å². The molecular weight excluding hydrogens is 363 g/mol. The first kappa shape index (κ1) is 20.0. The van der Waals surface area contributed by atoms with E-state index in [-0.39, 0.29) is 29.5 Å². The standard InChI is InChI=1S/C15H32N4.HI/c1-6-7-17-14(16)18-11-15(4,5)19-9-12(2)8-13(3)10-19;/h12-13H,6-11H2,1-5H3,(H3,16,17,18);1H. The van der Waals surface area contributed by atoms with Gasteiger partial charge >= 0.3 is 0 Å². The van der Waals surface area contributed by atoms with Gasteiger partial charge in [-0.2, -0.15) is 0 Å². The fraction of sp³-hybridized carbons (Fsp3) is 0.933. The Balaban J connectivity index is 0.00000361. The second-order valence-corrected chi connectivity index (χ2v) is 6.79. The molecule has 2 unspecified atom stereocenters. The highest BCUT2D eigenvalue weighted by Gasteiger charge is 2.32. The molecule has 3 N–H and O–H groups in total. The lowest BCUT2D eigenvalue weighted by Gasteiger charge is -2.44. The number of guanidine groups is 1. The molecule has 2 atom stereocenters. The van der Waals surface area contributed by atoms with Crippen molar-refractivity contribution in [2.24, 2.45) is 22.6 Å². The number of nitrogens with zero attached hydrogens (tertiary/aromatic N) is 2. The average molecular weight is 396 g/mol. The van der Waals surface area contributed by atoms with Gasteiger partial charge in [0, 0.05) is 25.2 Å². The Hall–Kier alpha value is -0.0400. The molecule has 0 amide bonds. The molecule has 20 heavy (non-hydrogen) atoms. The molecule has 1 heterocycles. The number of hydrogen-bond donors (Lipinski definition) is 2. The van der Waals surface area contributed by atoms with E-state index in [0.29, 0.717) is 5.96 Å². The molecule has 1 rings (SSSR count). The van der Waals surface area contributed by atoms with E-state index in [1.165, 1.54) is 19.5 Å². The van der Waals surface area contributed by atoms with Gasteiger partial charge in [-0.3, -0.25) is 9.89 Å². The summed E-state index contributed by atoms with van der Waals surface area (Å²) in [5.41, 5.74) is 5.96. The van der Waals surface area contributed by atoms with Crippen LogP contribution in [0, 0.1) is 11.8 Å². The third-order valence-electron chi connectivity index (χ3n) is 3.92. The number of aliphatic imine (C=N–C) groups is 1. The van der Waals surface area contributed by atoms with E-state index in [0.717, 1.165) is 31.3 Å². The maximum Gasteiger partial charge on any atom is 0.188 e. The SMILES string of the molecule is CCCNC(N)=NCC(C)(C)N1CC(C)CC(C)C1.I. The lowest BCUT2D eigenvalue weighted by molar-refractivity contribution is 0.0513. The minimum atomic E-state index is 0. The summed E-state index contributed by atoms with van der Waals surface area (Å²) < 4.78 is 0. The highest BCUT2D eigenvalue weighted by Crippen LogP contribution is 2.27. The van der Waals surface area contributed by atoms with Crippen LogP contribution in [-0.2, 0) is 0 Å². The molecule has 0 aromatic rings. The predicted octanol–water partition coefficient (Wildman–Crippen LogP) is 2.68. The summed E-state index contributed by atoms with van der Waals surface area (Å²) in [6.45, 7) is 15.4. The predicted molar refractivity (Wildman–Crippen MR) is 98.8 cm³/mol. The molecule has 1 fully saturated rings. The molecule has 120 valence electrons. The fourth-order valence-corrected chi connectivity index (χ4v) is 2.84. The number of halogens is 1. The summed E-state index contributed by atoms with van der Waals surface area (Å²) in [4.78, 5) is 7.07. The first-order valence-corrected chi connectivity index (χ1v) is 7.64. The Bertz CT molecular complexity index is 294. The van der Waals surface area contributed by atoms with Gasteiger partial charge in [0.25, 0.3) is 0 Å². The van der Waals surface area contributed by atoms with Crippen molar-refractivity contribution in [2.75, 3.05) is 26.2 Å². The summed E-state index contributed by atoms with van der Waals surface area (Å²) >= 11 is 0. The molecule has 0 aromatic carbocycles. The van der Waals surface area contributed by atoms with Crippen molar-refractivity contribution in [1.82, 2.24) is 10.2 Å². The van der Waals surface area contributed by atoms with Crippen LogP contribution < -0.4 is 11.1 Å². The van der Waals surface area contributed by atoms with Crippen LogP contribution in [-0.4, -0.2) is 42.6 Å². The van der Waals surface area contributed by atoms with Gasteiger partial charge in [0.15, 0.2) is 5.96 Å². The number of nitrogens with one attached hydrogen (secondary N) is 1. The topological polar surface area (TPSA) is 53.6 Å². The Kier molecular flexibility index (Phi) is 9.06. The molecule has 1 aliphatic rings. The lowest BCUT2D eigenvalue weighted by Crippen LogP contribution is -2.53. The van der Waals surface area contributed by atoms with Crippen molar-refractivity contribution >= 4 is 29.9 Å². The van der Waals surface area contributed by atoms with Crippen LogP contribution >= 0.6 is 24.0 Å². The van der Waals surface area contributed by atoms with Crippen LogP contribution in [0.5, 0.6) is 0 Å². The third-order valence-corrected chi connectivity index (χ3v) is 3.92. The maximum atomic E-state index is 5.87. The summed E-state index contributed by atoms with van der Waals surface area (Å²) in [5.74, 6) is 2.14. The zero-order valence-corrected chi connectivity index (χ0v) is 16.1. The number of piperidine rings is 1. The molecule has 5 heteroatoms. The molecular formula is C15H33IN4. The molecule has 0 radical (unpaired) electrons. The molecule has 0 saturated carbocycles. The van der Waals surface area contributed by atoms with E-state index in [2.05, 4.69) is 49.8 Å². The average Bonchev–Trinajstić information content (AvgIpc) is 2.32. The van der Waals surface area contributed by atoms with Crippen molar-refractivity contribution in [2.45, 2.75) is 53.0 Å². The minimum Gasteiger partial charge on any atom is -0.370 e. The first-order chi connectivity index (χ1) is 8.85. The van der Waals surface area contributed by atoms with Crippen LogP contribution in [0.2, 0.25) is 0 Å². The van der Waals surface area contributed by atoms with E-state index < -0.39 is 0 Å². The van der Waals surface area contributed by atoms with Crippen LogP contribution in [0.15, 0.2) is 4.99 Å². The van der Waals surface area contributed by atoms with Gasteiger partial charge in [-0.05, 0) is 38.5 Å². The van der Waals surface area contributed by atoms with Gasteiger partial charge in [-0.1, -0.05) is 20.8 Å². The Morgan fingerprint density at radius 3 is 2.35 bits per heavy atom. The van der Waals surface area contributed by atoms with Crippen molar-refractivity contribution in [3.63, 3.8) is 0 Å². The van der Waals surface area contributed by atoms with Gasteiger partial charge in [0.1, 0.15) is 0 Å². The monoisotopic (exact) mass is 396 g/mol. The van der Waals surface area contributed by atoms with Gasteiger partial charge in [-0.15, -0.1) is 24.0 Å². The first-order valence-electron chi connectivity index (χ1n) is 7.64. The van der Waals surface area contributed by atoms with Gasteiger partial charge in [0.2, 0.25) is 0 Å². The zero-order chi connectivity index (χ0) is 14.5. The molecule has 0 spiro atoms. The Morgan fingerprint density at radius 2 is 1.85 bits per heavy atom. The molecule has 1 saturated heterocycles. The molecule has 4 nitrogen and oxygen atoms in total. The van der Waals surface area contributed by atoms with E-state index in [1.807, 2.05) is 0 Å². The van der Waals surface area contributed by atoms with Crippen LogP contribution in [0.3, 0.4) is 0 Å². The highest BCUT2D eigenvalue weighted by molar-refractivity contribution is 14.0. The molecule has 0 aromatic heterocycles. The van der Waals surface area contributed by atoms with Crippen molar-refractivity contribution in [3.8, 4) is 0 Å². The van der Waals surface area contributed by atoms with Crippen molar-refractivity contribution < 1.29 is 0 Å². The van der Waals surface area contributed by atoms with Gasteiger partial charge in [-0.25, -0.2) is 0 Å². The molecule has 1 aliphatic heterocycles. The smallest absolute Gasteiger partial charge is 0.188 e. The van der Waals surface area contributed by atoms with Gasteiger partial charge in [0.05, 0.1) is 6.54 Å². The van der Waals surface area contributed by atoms with E-state index in [1.54, 1.807) is 0 Å². The summed E-state index contributed by atoms with van der Waals surface area (Å²) in [6.07, 6.45) is 2.41. The quantitative estimate of drug-likeness (QED) is 0.427. The van der Waals surface area contributed by atoms with E-state index in [9.17, 15) is 0 Å². The normalized spacial score (nSPS) is 25.1. The van der Waals surface area contributed by atoms with Crippen LogP contribution in [0.1, 0.15) is 47.5 Å². The Labute approximate surface area is 142 Å². The van der Waals surface area contributed by atoms with Gasteiger partial charge < -0.3 is 11.1 Å². The molecule has 0 aliphatic carbocycles. The lowest BCUT2D eigenvalue weighted by atomic mass is 9.88. The second-order valence-electron chi connectivity index (χ2n) is 6.79. The highest BCUT2D eigenvalue weighted by atomic mass is 127. The second kappa shape index (κ2) is 9.07. The summed E-state index contributed by atoms with van der Waals surface area (Å²) in [6, 6.07) is 0. The molecule has 0 bridgehead atoms. The number of hydrogen-bond acceptors (Lipinski definition) is 2. The number of nitrogens with two attached hydrogens (primary N) is 1. The summed E-state index contributed by atoms with van der Waals surface area (Å²) in [5, 5.41) is 3.13. The number of likely N-dealkylation sites (tertiary alicyclic amines) is 1. The van der Waals surface area contributed by atoms with Crippen LogP contribution in [0.25, 0.3) is 0 Å². The third kappa shape index (κ3) is 6.61. The minimum absolute atomic E-state index is 0.